The van der Waals surface area contributed by atoms with Crippen LogP contribution in [0.25, 0.3) is 5.65 Å². The number of halogens is 4. The number of nitrogens with one attached hydrogen (secondary N) is 1. The van der Waals surface area contributed by atoms with Crippen molar-refractivity contribution >= 4 is 23.3 Å². The summed E-state index contributed by atoms with van der Waals surface area (Å²) in [6, 6.07) is 7.84. The van der Waals surface area contributed by atoms with Crippen molar-refractivity contribution in [2.24, 2.45) is 0 Å². The van der Waals surface area contributed by atoms with E-state index in [1.807, 2.05) is 0 Å². The fraction of sp³-hybridized carbons (Fsp3) is 0.235. The van der Waals surface area contributed by atoms with Gasteiger partial charge in [0.05, 0.1) is 10.8 Å². The van der Waals surface area contributed by atoms with E-state index in [2.05, 4.69) is 15.5 Å². The molecular weight excluding hydrogens is 384 g/mol. The van der Waals surface area contributed by atoms with Crippen molar-refractivity contribution in [2.75, 3.05) is 0 Å². The van der Waals surface area contributed by atoms with Crippen LogP contribution in [0.1, 0.15) is 18.1 Å². The molecule has 2 heterocycles. The van der Waals surface area contributed by atoms with Gasteiger partial charge in [-0.1, -0.05) is 23.9 Å². The van der Waals surface area contributed by atoms with Gasteiger partial charge in [-0.25, -0.2) is 4.39 Å². The maximum atomic E-state index is 12.9. The molecule has 3 aromatic rings. The SMILES string of the molecule is CC(Sc1nnc2ccc(C(F)(F)F)cn12)C(=O)NCc1ccc(F)cc1. The lowest BCUT2D eigenvalue weighted by atomic mass is 10.2. The van der Waals surface area contributed by atoms with Crippen LogP contribution >= 0.6 is 11.8 Å². The molecule has 1 aromatic carbocycles. The normalized spacial score (nSPS) is 12.9. The molecule has 0 aliphatic heterocycles. The van der Waals surface area contributed by atoms with E-state index in [9.17, 15) is 22.4 Å². The van der Waals surface area contributed by atoms with Gasteiger partial charge in [-0.05, 0) is 36.8 Å². The molecule has 0 radical (unpaired) electrons. The number of pyridine rings is 1. The number of aromatic nitrogens is 3. The van der Waals surface area contributed by atoms with Crippen molar-refractivity contribution in [3.05, 3.63) is 59.5 Å². The number of benzene rings is 1. The molecular formula is C17H14F4N4OS. The molecule has 0 fully saturated rings. The summed E-state index contributed by atoms with van der Waals surface area (Å²) in [5, 5.41) is 9.93. The van der Waals surface area contributed by atoms with E-state index in [1.54, 1.807) is 19.1 Å². The van der Waals surface area contributed by atoms with Crippen molar-refractivity contribution < 1.29 is 22.4 Å². The maximum absolute atomic E-state index is 12.9. The Morgan fingerprint density at radius 1 is 1.19 bits per heavy atom. The van der Waals surface area contributed by atoms with Crippen LogP contribution in [-0.2, 0) is 17.5 Å². The molecule has 0 spiro atoms. The van der Waals surface area contributed by atoms with Crippen molar-refractivity contribution in [1.82, 2.24) is 19.9 Å². The van der Waals surface area contributed by atoms with Crippen LogP contribution in [0.3, 0.4) is 0 Å². The van der Waals surface area contributed by atoms with E-state index in [-0.39, 0.29) is 29.1 Å². The number of alkyl halides is 3. The van der Waals surface area contributed by atoms with E-state index in [0.717, 1.165) is 29.6 Å². The van der Waals surface area contributed by atoms with Gasteiger partial charge in [0, 0.05) is 12.7 Å². The first-order valence-corrected chi connectivity index (χ1v) is 8.73. The molecule has 0 aliphatic carbocycles. The lowest BCUT2D eigenvalue weighted by Gasteiger charge is -2.12. The number of thioether (sulfide) groups is 1. The Morgan fingerprint density at radius 2 is 1.89 bits per heavy atom. The summed E-state index contributed by atoms with van der Waals surface area (Å²) in [6.07, 6.45) is -3.58. The summed E-state index contributed by atoms with van der Waals surface area (Å²) in [6.45, 7) is 1.82. The summed E-state index contributed by atoms with van der Waals surface area (Å²) in [5.41, 5.74) is 0.152. The van der Waals surface area contributed by atoms with E-state index < -0.39 is 17.0 Å². The van der Waals surface area contributed by atoms with Crippen LogP contribution in [0.4, 0.5) is 17.6 Å². The predicted octanol–water partition coefficient (Wildman–Crippen LogP) is 3.68. The number of carbonyl (C=O) groups is 1. The molecule has 27 heavy (non-hydrogen) atoms. The van der Waals surface area contributed by atoms with Crippen molar-refractivity contribution in [3.63, 3.8) is 0 Å². The highest BCUT2D eigenvalue weighted by atomic mass is 32.2. The Hall–Kier alpha value is -2.62. The summed E-state index contributed by atoms with van der Waals surface area (Å²) < 4.78 is 52.7. The van der Waals surface area contributed by atoms with Gasteiger partial charge in [0.1, 0.15) is 5.82 Å². The van der Waals surface area contributed by atoms with Gasteiger partial charge in [0.15, 0.2) is 10.8 Å². The number of amides is 1. The quantitative estimate of drug-likeness (QED) is 0.526. The second-order valence-corrected chi connectivity index (χ2v) is 7.04. The number of rotatable bonds is 5. The highest BCUT2D eigenvalue weighted by Gasteiger charge is 2.31. The number of hydrogen-bond donors (Lipinski definition) is 1. The lowest BCUT2D eigenvalue weighted by Crippen LogP contribution is -2.30. The monoisotopic (exact) mass is 398 g/mol. The van der Waals surface area contributed by atoms with Gasteiger partial charge in [-0.3, -0.25) is 9.20 Å². The Kier molecular flexibility index (Phi) is 5.36. The highest BCUT2D eigenvalue weighted by molar-refractivity contribution is 8.00. The summed E-state index contributed by atoms with van der Waals surface area (Å²) >= 11 is 0.995. The minimum atomic E-state index is -4.49. The highest BCUT2D eigenvalue weighted by Crippen LogP contribution is 2.30. The van der Waals surface area contributed by atoms with Crippen LogP contribution in [-0.4, -0.2) is 25.8 Å². The Labute approximate surface area is 155 Å². The molecule has 1 unspecified atom stereocenters. The van der Waals surface area contributed by atoms with Crippen LogP contribution in [0.15, 0.2) is 47.8 Å². The van der Waals surface area contributed by atoms with Gasteiger partial charge in [0.2, 0.25) is 5.91 Å². The van der Waals surface area contributed by atoms with Crippen molar-refractivity contribution in [3.8, 4) is 0 Å². The van der Waals surface area contributed by atoms with Crippen LogP contribution in [0.5, 0.6) is 0 Å². The topological polar surface area (TPSA) is 59.3 Å². The van der Waals surface area contributed by atoms with E-state index in [0.29, 0.717) is 0 Å². The van der Waals surface area contributed by atoms with Gasteiger partial charge >= 0.3 is 6.18 Å². The molecule has 1 atom stereocenters. The molecule has 1 N–H and O–H groups in total. The number of fused-ring (bicyclic) bond motifs is 1. The molecule has 0 saturated heterocycles. The molecule has 5 nitrogen and oxygen atoms in total. The van der Waals surface area contributed by atoms with Gasteiger partial charge in [0.25, 0.3) is 0 Å². The third kappa shape index (κ3) is 4.57. The second kappa shape index (κ2) is 7.55. The Bertz CT molecular complexity index is 956. The predicted molar refractivity (Wildman–Crippen MR) is 91.6 cm³/mol. The number of hydrogen-bond acceptors (Lipinski definition) is 4. The van der Waals surface area contributed by atoms with Crippen LogP contribution in [0.2, 0.25) is 0 Å². The van der Waals surface area contributed by atoms with Crippen molar-refractivity contribution in [1.29, 1.82) is 0 Å². The molecule has 0 aliphatic rings. The van der Waals surface area contributed by atoms with Crippen LogP contribution in [0, 0.1) is 5.82 Å². The first-order valence-electron chi connectivity index (χ1n) is 7.85. The fourth-order valence-corrected chi connectivity index (χ4v) is 3.12. The summed E-state index contributed by atoms with van der Waals surface area (Å²) in [4.78, 5) is 12.2. The van der Waals surface area contributed by atoms with Crippen molar-refractivity contribution in [2.45, 2.75) is 30.1 Å². The molecule has 2 aromatic heterocycles. The molecule has 0 bridgehead atoms. The first-order chi connectivity index (χ1) is 12.7. The van der Waals surface area contributed by atoms with Crippen LogP contribution < -0.4 is 5.32 Å². The first kappa shape index (κ1) is 19.2. The zero-order valence-electron chi connectivity index (χ0n) is 14.0. The molecule has 142 valence electrons. The minimum absolute atomic E-state index is 0.181. The smallest absolute Gasteiger partial charge is 0.351 e. The van der Waals surface area contributed by atoms with E-state index in [4.69, 9.17) is 0 Å². The average Bonchev–Trinajstić information content (AvgIpc) is 3.02. The molecule has 1 amide bonds. The van der Waals surface area contributed by atoms with E-state index >= 15 is 0 Å². The summed E-state index contributed by atoms with van der Waals surface area (Å²) in [5.74, 6) is -0.695. The Morgan fingerprint density at radius 3 is 2.56 bits per heavy atom. The summed E-state index contributed by atoms with van der Waals surface area (Å²) in [7, 11) is 0. The fourth-order valence-electron chi connectivity index (χ4n) is 2.26. The third-order valence-electron chi connectivity index (χ3n) is 3.73. The second-order valence-electron chi connectivity index (χ2n) is 5.73. The molecule has 10 heteroatoms. The minimum Gasteiger partial charge on any atom is -0.351 e. The standard InChI is InChI=1S/C17H14F4N4OS/c1-10(15(26)22-8-11-2-5-13(18)6-3-11)27-16-24-23-14-7-4-12(9-25(14)16)17(19,20)21/h2-7,9-10H,8H2,1H3,(H,22,26). The zero-order chi connectivity index (χ0) is 19.6. The number of nitrogens with zero attached hydrogens (tertiary/aromatic N) is 3. The third-order valence-corrected chi connectivity index (χ3v) is 4.79. The van der Waals surface area contributed by atoms with Gasteiger partial charge in [-0.15, -0.1) is 10.2 Å². The van der Waals surface area contributed by atoms with E-state index in [1.165, 1.54) is 22.6 Å². The molecule has 0 saturated carbocycles. The van der Waals surface area contributed by atoms with Gasteiger partial charge < -0.3 is 5.32 Å². The Balaban J connectivity index is 1.68. The largest absolute Gasteiger partial charge is 0.417 e. The van der Waals surface area contributed by atoms with Gasteiger partial charge in [-0.2, -0.15) is 13.2 Å². The zero-order valence-corrected chi connectivity index (χ0v) is 14.8. The maximum Gasteiger partial charge on any atom is 0.417 e. The average molecular weight is 398 g/mol. The molecule has 3 rings (SSSR count). The number of carbonyl (C=O) groups excluding carboxylic acids is 1. The lowest BCUT2D eigenvalue weighted by molar-refractivity contribution is -0.137.